The Hall–Kier alpha value is -2.81. The van der Waals surface area contributed by atoms with Crippen molar-refractivity contribution in [3.05, 3.63) is 36.0 Å². The molecular weight excluding hydrogens is 380 g/mol. The van der Waals surface area contributed by atoms with Crippen LogP contribution in [0.3, 0.4) is 0 Å². The third-order valence-electron chi connectivity index (χ3n) is 3.22. The maximum absolute atomic E-state index is 12.2. The molecule has 8 nitrogen and oxygen atoms in total. The van der Waals surface area contributed by atoms with Crippen molar-refractivity contribution in [3.8, 4) is 0 Å². The van der Waals surface area contributed by atoms with Crippen LogP contribution < -0.4 is 10.6 Å². The number of thioether (sulfide) groups is 1. The van der Waals surface area contributed by atoms with Crippen LogP contribution in [0.4, 0.5) is 22.0 Å². The van der Waals surface area contributed by atoms with Crippen molar-refractivity contribution in [1.29, 1.82) is 0 Å². The summed E-state index contributed by atoms with van der Waals surface area (Å²) < 4.78 is 10.3. The second-order valence-corrected chi connectivity index (χ2v) is 7.45. The number of hydrogen-bond acceptors (Lipinski definition) is 8. The Bertz CT molecular complexity index is 852. The van der Waals surface area contributed by atoms with Gasteiger partial charge in [-0.2, -0.15) is 0 Å². The Morgan fingerprint density at radius 2 is 1.93 bits per heavy atom. The predicted molar refractivity (Wildman–Crippen MR) is 109 cm³/mol. The lowest BCUT2D eigenvalue weighted by atomic mass is 10.2. The Labute approximate surface area is 168 Å². The number of nitrogens with one attached hydrogen (secondary N) is 2. The molecule has 0 spiro atoms. The third-order valence-corrected chi connectivity index (χ3v) is 3.78. The van der Waals surface area contributed by atoms with Gasteiger partial charge in [0.15, 0.2) is 5.16 Å². The van der Waals surface area contributed by atoms with E-state index in [1.807, 2.05) is 6.26 Å². The number of carbonyl (C=O) groups is 2. The molecule has 1 aromatic carbocycles. The minimum Gasteiger partial charge on any atom is -0.462 e. The fourth-order valence-corrected chi connectivity index (χ4v) is 2.49. The van der Waals surface area contributed by atoms with Crippen LogP contribution in [0.1, 0.15) is 38.1 Å². The van der Waals surface area contributed by atoms with E-state index in [1.165, 1.54) is 18.0 Å². The second kappa shape index (κ2) is 9.41. The first-order chi connectivity index (χ1) is 13.2. The number of carbonyl (C=O) groups excluding carboxylic acids is 2. The number of aromatic nitrogens is 2. The largest absolute Gasteiger partial charge is 0.462 e. The normalized spacial score (nSPS) is 10.9. The van der Waals surface area contributed by atoms with Gasteiger partial charge in [0.2, 0.25) is 0 Å². The van der Waals surface area contributed by atoms with Crippen LogP contribution in [0.2, 0.25) is 0 Å². The smallest absolute Gasteiger partial charge is 0.412 e. The Morgan fingerprint density at radius 1 is 1.21 bits per heavy atom. The fourth-order valence-electron chi connectivity index (χ4n) is 2.15. The molecule has 2 rings (SSSR count). The number of esters is 1. The zero-order valence-corrected chi connectivity index (χ0v) is 17.3. The van der Waals surface area contributed by atoms with E-state index in [9.17, 15) is 9.59 Å². The molecule has 28 heavy (non-hydrogen) atoms. The number of benzene rings is 1. The van der Waals surface area contributed by atoms with E-state index in [2.05, 4.69) is 20.6 Å². The van der Waals surface area contributed by atoms with E-state index < -0.39 is 17.7 Å². The van der Waals surface area contributed by atoms with Gasteiger partial charge in [-0.15, -0.1) is 0 Å². The molecule has 0 unspecified atom stereocenters. The number of ether oxygens (including phenoxy) is 2. The third kappa shape index (κ3) is 6.41. The highest BCUT2D eigenvalue weighted by molar-refractivity contribution is 7.98. The highest BCUT2D eigenvalue weighted by atomic mass is 32.2. The molecule has 1 aromatic heterocycles. The molecule has 1 amide bonds. The molecule has 150 valence electrons. The van der Waals surface area contributed by atoms with E-state index in [-0.39, 0.29) is 12.2 Å². The maximum atomic E-state index is 12.2. The molecule has 0 aliphatic carbocycles. The van der Waals surface area contributed by atoms with Crippen molar-refractivity contribution in [2.45, 2.75) is 38.5 Å². The fraction of sp³-hybridized carbons (Fsp3) is 0.368. The number of rotatable bonds is 6. The van der Waals surface area contributed by atoms with Crippen LogP contribution in [-0.4, -0.2) is 40.5 Å². The summed E-state index contributed by atoms with van der Waals surface area (Å²) in [5.74, 6) is -0.187. The lowest BCUT2D eigenvalue weighted by molar-refractivity contribution is 0.0525. The van der Waals surface area contributed by atoms with Crippen LogP contribution in [0, 0.1) is 0 Å². The van der Waals surface area contributed by atoms with Gasteiger partial charge in [0.05, 0.1) is 6.61 Å². The van der Waals surface area contributed by atoms with Gasteiger partial charge in [-0.1, -0.05) is 17.8 Å². The van der Waals surface area contributed by atoms with Crippen LogP contribution in [-0.2, 0) is 9.47 Å². The molecule has 0 fully saturated rings. The van der Waals surface area contributed by atoms with Gasteiger partial charge in [0.1, 0.15) is 17.0 Å². The summed E-state index contributed by atoms with van der Waals surface area (Å²) in [5.41, 5.74) is 0.801. The Kier molecular flexibility index (Phi) is 7.22. The summed E-state index contributed by atoms with van der Waals surface area (Å²) in [7, 11) is 0. The number of hydrogen-bond donors (Lipinski definition) is 2. The van der Waals surface area contributed by atoms with E-state index in [4.69, 9.17) is 9.47 Å². The summed E-state index contributed by atoms with van der Waals surface area (Å²) in [6, 6.07) is 6.99. The van der Waals surface area contributed by atoms with E-state index in [0.29, 0.717) is 22.3 Å². The van der Waals surface area contributed by atoms with E-state index in [1.54, 1.807) is 52.0 Å². The van der Waals surface area contributed by atoms with Crippen LogP contribution >= 0.6 is 11.8 Å². The van der Waals surface area contributed by atoms with Crippen molar-refractivity contribution < 1.29 is 19.1 Å². The van der Waals surface area contributed by atoms with Gasteiger partial charge in [0.25, 0.3) is 0 Å². The number of nitrogens with zero attached hydrogens (tertiary/aromatic N) is 2. The topological polar surface area (TPSA) is 102 Å². The van der Waals surface area contributed by atoms with Crippen molar-refractivity contribution in [3.63, 3.8) is 0 Å². The summed E-state index contributed by atoms with van der Waals surface area (Å²) in [4.78, 5) is 32.6. The van der Waals surface area contributed by atoms with Crippen LogP contribution in [0.25, 0.3) is 0 Å². The van der Waals surface area contributed by atoms with Crippen LogP contribution in [0.5, 0.6) is 0 Å². The Morgan fingerprint density at radius 3 is 2.57 bits per heavy atom. The van der Waals surface area contributed by atoms with Crippen molar-refractivity contribution in [1.82, 2.24) is 9.97 Å². The van der Waals surface area contributed by atoms with Crippen molar-refractivity contribution >= 4 is 41.0 Å². The van der Waals surface area contributed by atoms with Gasteiger partial charge in [-0.05, 0) is 52.1 Å². The minimum absolute atomic E-state index is 0.227. The Balaban J connectivity index is 2.23. The molecule has 9 heteroatoms. The molecule has 0 aliphatic rings. The van der Waals surface area contributed by atoms with Gasteiger partial charge in [-0.25, -0.2) is 19.6 Å². The van der Waals surface area contributed by atoms with E-state index in [0.717, 1.165) is 0 Å². The molecule has 0 saturated carbocycles. The lowest BCUT2D eigenvalue weighted by Gasteiger charge is -2.19. The average molecular weight is 404 g/mol. The average Bonchev–Trinajstić information content (AvgIpc) is 2.60. The highest BCUT2D eigenvalue weighted by Gasteiger charge is 2.18. The summed E-state index contributed by atoms with van der Waals surface area (Å²) in [5, 5.41) is 6.28. The first kappa shape index (κ1) is 21.5. The first-order valence-electron chi connectivity index (χ1n) is 8.67. The zero-order valence-electron chi connectivity index (χ0n) is 16.5. The van der Waals surface area contributed by atoms with Gasteiger partial charge in [0, 0.05) is 17.6 Å². The molecule has 1 heterocycles. The van der Waals surface area contributed by atoms with Crippen molar-refractivity contribution in [2.75, 3.05) is 23.5 Å². The van der Waals surface area contributed by atoms with E-state index >= 15 is 0 Å². The summed E-state index contributed by atoms with van der Waals surface area (Å²) >= 11 is 1.36. The van der Waals surface area contributed by atoms with Gasteiger partial charge < -0.3 is 14.8 Å². The SMILES string of the molecule is CCOC(=O)c1cnc(SC)nc1Nc1cccc(NC(=O)OC(C)(C)C)c1. The molecule has 2 aromatic rings. The molecule has 2 N–H and O–H groups in total. The summed E-state index contributed by atoms with van der Waals surface area (Å²) in [6.45, 7) is 7.35. The monoisotopic (exact) mass is 404 g/mol. The highest BCUT2D eigenvalue weighted by Crippen LogP contribution is 2.24. The second-order valence-electron chi connectivity index (χ2n) is 6.67. The zero-order chi connectivity index (χ0) is 20.7. The first-order valence-corrected chi connectivity index (χ1v) is 9.89. The van der Waals surface area contributed by atoms with Crippen LogP contribution in [0.15, 0.2) is 35.6 Å². The standard InChI is InChI=1S/C19H24N4O4S/c1-6-26-16(24)14-11-20-17(28-5)23-15(14)21-12-8-7-9-13(10-12)22-18(25)27-19(2,3)4/h7-11H,6H2,1-5H3,(H,22,25)(H,20,21,23). The number of anilines is 3. The van der Waals surface area contributed by atoms with Gasteiger partial charge >= 0.3 is 12.1 Å². The maximum Gasteiger partial charge on any atom is 0.412 e. The molecular formula is C19H24N4O4S. The number of amides is 1. The summed E-state index contributed by atoms with van der Waals surface area (Å²) in [6.07, 6.45) is 2.72. The lowest BCUT2D eigenvalue weighted by Crippen LogP contribution is -2.27. The quantitative estimate of drug-likeness (QED) is 0.413. The molecule has 0 aliphatic heterocycles. The van der Waals surface area contributed by atoms with Gasteiger partial charge in [-0.3, -0.25) is 5.32 Å². The molecule has 0 atom stereocenters. The van der Waals surface area contributed by atoms with Crippen molar-refractivity contribution in [2.24, 2.45) is 0 Å². The predicted octanol–water partition coefficient (Wildman–Crippen LogP) is 4.47. The molecule has 0 radical (unpaired) electrons. The minimum atomic E-state index is -0.594. The molecule has 0 bridgehead atoms. The molecule has 0 saturated heterocycles.